The average molecular weight is 448 g/mol. The van der Waals surface area contributed by atoms with Gasteiger partial charge in [0.05, 0.1) is 16.5 Å². The standard InChI is InChI=1S/C33H19O2/c1-7-15-30-20(9-1)17-26-22-11-3-5-13-24(22)28(32(26)34-30)19-29-25-14-6-4-12-23(25)27-18-21-10-2-8-16-31(21)35-33(27)29/h1-19H/q+1. The van der Waals surface area contributed by atoms with E-state index in [1.165, 1.54) is 21.9 Å². The lowest BCUT2D eigenvalue weighted by Gasteiger charge is -2.05. The van der Waals surface area contributed by atoms with E-state index in [2.05, 4.69) is 91.0 Å². The van der Waals surface area contributed by atoms with E-state index in [0.717, 1.165) is 55.7 Å². The van der Waals surface area contributed by atoms with E-state index in [1.807, 2.05) is 24.3 Å². The molecule has 0 N–H and O–H groups in total. The van der Waals surface area contributed by atoms with E-state index in [9.17, 15) is 0 Å². The van der Waals surface area contributed by atoms with Crippen molar-refractivity contribution in [2.45, 2.75) is 0 Å². The van der Waals surface area contributed by atoms with Crippen LogP contribution < -0.4 is 0 Å². The average Bonchev–Trinajstić information content (AvgIpc) is 3.38. The van der Waals surface area contributed by atoms with E-state index in [1.54, 1.807) is 0 Å². The van der Waals surface area contributed by atoms with Crippen LogP contribution in [0.1, 0.15) is 16.9 Å². The fraction of sp³-hybridized carbons (Fsp3) is 0. The monoisotopic (exact) mass is 447 g/mol. The molecular weight excluding hydrogens is 428 g/mol. The molecule has 2 heteroatoms. The zero-order valence-corrected chi connectivity index (χ0v) is 18.8. The third-order valence-electron chi connectivity index (χ3n) is 7.14. The van der Waals surface area contributed by atoms with Crippen LogP contribution in [0.3, 0.4) is 0 Å². The van der Waals surface area contributed by atoms with Crippen LogP contribution in [0.15, 0.2) is 118 Å². The molecule has 162 valence electrons. The first kappa shape index (κ1) is 18.7. The molecule has 5 aromatic rings. The maximum Gasteiger partial charge on any atom is 0.369 e. The van der Waals surface area contributed by atoms with E-state index in [4.69, 9.17) is 8.83 Å². The number of hydrogen-bond donors (Lipinski definition) is 0. The van der Waals surface area contributed by atoms with Crippen molar-refractivity contribution >= 4 is 44.4 Å². The molecule has 0 unspecified atom stereocenters. The van der Waals surface area contributed by atoms with Gasteiger partial charge in [-0.05, 0) is 52.2 Å². The van der Waals surface area contributed by atoms with E-state index in [-0.39, 0.29) is 0 Å². The molecule has 0 spiro atoms. The predicted molar refractivity (Wildman–Crippen MR) is 143 cm³/mol. The van der Waals surface area contributed by atoms with Crippen LogP contribution >= 0.6 is 0 Å². The zero-order chi connectivity index (χ0) is 22.9. The molecule has 0 fully saturated rings. The molecule has 0 bridgehead atoms. The topological polar surface area (TPSA) is 24.4 Å². The Balaban J connectivity index is 1.48. The molecule has 0 saturated heterocycles. The van der Waals surface area contributed by atoms with Crippen molar-refractivity contribution in [3.8, 4) is 22.5 Å². The summed E-state index contributed by atoms with van der Waals surface area (Å²) < 4.78 is 13.1. The second-order valence-corrected chi connectivity index (χ2v) is 9.12. The van der Waals surface area contributed by atoms with Crippen molar-refractivity contribution < 1.29 is 8.83 Å². The van der Waals surface area contributed by atoms with Gasteiger partial charge in [0.25, 0.3) is 0 Å². The van der Waals surface area contributed by atoms with Crippen molar-refractivity contribution in [1.82, 2.24) is 0 Å². The number of fused-ring (bicyclic) bond motifs is 8. The second kappa shape index (κ2) is 6.91. The Hall–Kier alpha value is -4.69. The summed E-state index contributed by atoms with van der Waals surface area (Å²) in [5.41, 5.74) is 8.59. The summed E-state index contributed by atoms with van der Waals surface area (Å²) in [7, 11) is 0. The van der Waals surface area contributed by atoms with Crippen LogP contribution in [0.2, 0.25) is 0 Å². The van der Waals surface area contributed by atoms with Crippen LogP contribution in [0.5, 0.6) is 0 Å². The molecule has 8 rings (SSSR count). The smallest absolute Gasteiger partial charge is 0.369 e. The first-order chi connectivity index (χ1) is 17.3. The molecule has 2 heterocycles. The van der Waals surface area contributed by atoms with Gasteiger partial charge in [-0.3, -0.25) is 0 Å². The molecule has 2 aliphatic carbocycles. The first-order valence-electron chi connectivity index (χ1n) is 11.9. The number of rotatable bonds is 1. The first-order valence-corrected chi connectivity index (χ1v) is 11.9. The van der Waals surface area contributed by atoms with Gasteiger partial charge in [-0.25, -0.2) is 4.42 Å². The summed E-state index contributed by atoms with van der Waals surface area (Å²) in [6.07, 6.45) is 2.26. The van der Waals surface area contributed by atoms with Gasteiger partial charge in [-0.15, -0.1) is 0 Å². The molecule has 2 nitrogen and oxygen atoms in total. The number of hydrogen-bond acceptors (Lipinski definition) is 1. The van der Waals surface area contributed by atoms with Crippen molar-refractivity contribution in [1.29, 1.82) is 0 Å². The van der Waals surface area contributed by atoms with Crippen molar-refractivity contribution in [3.63, 3.8) is 0 Å². The molecule has 0 atom stereocenters. The molecule has 0 amide bonds. The van der Waals surface area contributed by atoms with Gasteiger partial charge >= 0.3 is 11.3 Å². The maximum absolute atomic E-state index is 6.54. The fourth-order valence-corrected chi connectivity index (χ4v) is 5.54. The van der Waals surface area contributed by atoms with Crippen molar-refractivity contribution in [2.75, 3.05) is 0 Å². The summed E-state index contributed by atoms with van der Waals surface area (Å²) in [5, 5.41) is 4.59. The molecule has 35 heavy (non-hydrogen) atoms. The van der Waals surface area contributed by atoms with Gasteiger partial charge in [0, 0.05) is 22.6 Å². The minimum atomic E-state index is 0.887. The molecule has 0 saturated carbocycles. The normalized spacial score (nSPS) is 13.8. The Morgan fingerprint density at radius 3 is 2.17 bits per heavy atom. The third-order valence-corrected chi connectivity index (χ3v) is 7.14. The van der Waals surface area contributed by atoms with Gasteiger partial charge in [-0.1, -0.05) is 78.9 Å². The minimum Gasteiger partial charge on any atom is -0.455 e. The molecule has 3 aliphatic rings. The SMILES string of the molecule is C(=C1\c2ccccc2-c2cc3ccccc3[o+]c21)/c1c2oc3ccccc3cc-2c2ccccc12. The minimum absolute atomic E-state index is 0.887. The summed E-state index contributed by atoms with van der Waals surface area (Å²) in [6, 6.07) is 38.0. The lowest BCUT2D eigenvalue weighted by Crippen LogP contribution is -1.85. The Labute approximate surface area is 201 Å². The highest BCUT2D eigenvalue weighted by atomic mass is 16.3. The summed E-state index contributed by atoms with van der Waals surface area (Å²) in [5.74, 6) is 1.81. The highest BCUT2D eigenvalue weighted by molar-refractivity contribution is 6.15. The van der Waals surface area contributed by atoms with Gasteiger partial charge in [0.2, 0.25) is 0 Å². The van der Waals surface area contributed by atoms with Crippen LogP contribution in [0, 0.1) is 0 Å². The Morgan fingerprint density at radius 1 is 0.571 bits per heavy atom. The van der Waals surface area contributed by atoms with Crippen LogP contribution in [-0.4, -0.2) is 0 Å². The lowest BCUT2D eigenvalue weighted by atomic mass is 10.0. The van der Waals surface area contributed by atoms with Crippen molar-refractivity contribution in [3.05, 3.63) is 126 Å². The van der Waals surface area contributed by atoms with E-state index >= 15 is 0 Å². The summed E-state index contributed by atoms with van der Waals surface area (Å²) in [4.78, 5) is 0. The van der Waals surface area contributed by atoms with Gasteiger partial charge < -0.3 is 4.42 Å². The third kappa shape index (κ3) is 2.62. The number of para-hydroxylation sites is 2. The number of benzene rings is 4. The summed E-state index contributed by atoms with van der Waals surface area (Å²) in [6.45, 7) is 0. The van der Waals surface area contributed by atoms with E-state index < -0.39 is 0 Å². The quantitative estimate of drug-likeness (QED) is 0.234. The molecule has 1 aromatic heterocycles. The predicted octanol–water partition coefficient (Wildman–Crippen LogP) is 9.29. The zero-order valence-electron chi connectivity index (χ0n) is 18.8. The van der Waals surface area contributed by atoms with Gasteiger partial charge in [0.1, 0.15) is 11.3 Å². The van der Waals surface area contributed by atoms with Gasteiger partial charge in [0.15, 0.2) is 0 Å². The van der Waals surface area contributed by atoms with Crippen LogP contribution in [0.4, 0.5) is 0 Å². The Kier molecular flexibility index (Phi) is 3.69. The molecule has 0 radical (unpaired) electrons. The van der Waals surface area contributed by atoms with Crippen LogP contribution in [0.25, 0.3) is 66.8 Å². The fourth-order valence-electron chi connectivity index (χ4n) is 5.54. The van der Waals surface area contributed by atoms with Gasteiger partial charge in [-0.2, -0.15) is 0 Å². The highest BCUT2D eigenvalue weighted by Gasteiger charge is 2.35. The van der Waals surface area contributed by atoms with Crippen LogP contribution in [-0.2, 0) is 0 Å². The lowest BCUT2D eigenvalue weighted by molar-refractivity contribution is 0.593. The Bertz CT molecular complexity index is 1950. The summed E-state index contributed by atoms with van der Waals surface area (Å²) >= 11 is 0. The molecule has 4 aromatic carbocycles. The van der Waals surface area contributed by atoms with E-state index in [0.29, 0.717) is 0 Å². The maximum atomic E-state index is 6.54. The van der Waals surface area contributed by atoms with Crippen molar-refractivity contribution in [2.24, 2.45) is 0 Å². The molecule has 1 aliphatic heterocycles. The largest absolute Gasteiger partial charge is 0.455 e. The second-order valence-electron chi connectivity index (χ2n) is 9.12. The Morgan fingerprint density at radius 2 is 1.26 bits per heavy atom. The highest BCUT2D eigenvalue weighted by Crippen LogP contribution is 2.49. The molecular formula is C33H19O2+.